The summed E-state index contributed by atoms with van der Waals surface area (Å²) in [6, 6.07) is 3.69. The number of hydrogen-bond acceptors (Lipinski definition) is 6. The number of thiazole rings is 1. The first-order valence-electron chi connectivity index (χ1n) is 5.34. The number of carbonyl (C=O) groups is 1. The van der Waals surface area contributed by atoms with Gasteiger partial charge in [-0.15, -0.1) is 0 Å². The Morgan fingerprint density at radius 3 is 2.78 bits per heavy atom. The van der Waals surface area contributed by atoms with E-state index in [0.717, 1.165) is 11.3 Å². The molecule has 0 saturated carbocycles. The molecule has 0 aromatic carbocycles. The maximum absolute atomic E-state index is 11.3. The largest absolute Gasteiger partial charge is 0.294 e. The molecule has 0 amide bonds. The summed E-state index contributed by atoms with van der Waals surface area (Å²) in [4.78, 5) is 20.1. The normalized spacial score (nSPS) is 10.8. The maximum atomic E-state index is 11.3. The lowest BCUT2D eigenvalue weighted by Crippen LogP contribution is -1.90. The van der Waals surface area contributed by atoms with Crippen LogP contribution in [0.1, 0.15) is 27.9 Å². The summed E-state index contributed by atoms with van der Waals surface area (Å²) in [5, 5.41) is 4.67. The number of rotatable bonds is 4. The van der Waals surface area contributed by atoms with Gasteiger partial charge in [0.2, 0.25) is 5.13 Å². The van der Waals surface area contributed by atoms with Crippen LogP contribution in [0.4, 0.5) is 5.13 Å². The van der Waals surface area contributed by atoms with Gasteiger partial charge in [-0.05, 0) is 24.6 Å². The Kier molecular flexibility index (Phi) is 3.78. The summed E-state index contributed by atoms with van der Waals surface area (Å²) in [6.45, 7) is 3.34. The van der Waals surface area contributed by atoms with E-state index in [4.69, 9.17) is 0 Å². The SMILES string of the molecule is CC(=O)c1sc(N/N=C\c2ccncc2)nc1C. The number of aromatic nitrogens is 2. The summed E-state index contributed by atoms with van der Waals surface area (Å²) >= 11 is 1.30. The standard InChI is InChI=1S/C12H12N4OS/c1-8-11(9(2)17)18-12(15-8)16-14-7-10-3-5-13-6-4-10/h3-7H,1-2H3,(H,15,16)/b14-7-. The summed E-state index contributed by atoms with van der Waals surface area (Å²) in [5.74, 6) is 0.0242. The molecule has 5 nitrogen and oxygen atoms in total. The summed E-state index contributed by atoms with van der Waals surface area (Å²) < 4.78 is 0. The fraction of sp³-hybridized carbons (Fsp3) is 0.167. The third-order valence-electron chi connectivity index (χ3n) is 2.20. The van der Waals surface area contributed by atoms with Gasteiger partial charge in [-0.25, -0.2) is 4.98 Å². The number of ketones is 1. The van der Waals surface area contributed by atoms with Crippen molar-refractivity contribution in [1.29, 1.82) is 0 Å². The van der Waals surface area contributed by atoms with E-state index < -0.39 is 0 Å². The van der Waals surface area contributed by atoms with Gasteiger partial charge in [-0.2, -0.15) is 5.10 Å². The number of anilines is 1. The molecule has 1 N–H and O–H groups in total. The lowest BCUT2D eigenvalue weighted by Gasteiger charge is -1.92. The summed E-state index contributed by atoms with van der Waals surface area (Å²) in [5.41, 5.74) is 4.49. The molecule has 2 aromatic rings. The topological polar surface area (TPSA) is 67.2 Å². The lowest BCUT2D eigenvalue weighted by atomic mass is 10.3. The third kappa shape index (κ3) is 2.98. The molecule has 0 bridgehead atoms. The van der Waals surface area contributed by atoms with Crippen molar-refractivity contribution >= 4 is 28.5 Å². The van der Waals surface area contributed by atoms with Gasteiger partial charge in [0, 0.05) is 19.3 Å². The molecule has 18 heavy (non-hydrogen) atoms. The average Bonchev–Trinajstić information content (AvgIpc) is 2.72. The number of pyridine rings is 1. The molecule has 2 heterocycles. The van der Waals surface area contributed by atoms with Crippen molar-refractivity contribution in [2.24, 2.45) is 5.10 Å². The molecule has 0 saturated heterocycles. The van der Waals surface area contributed by atoms with E-state index in [9.17, 15) is 4.79 Å². The van der Waals surface area contributed by atoms with Gasteiger partial charge < -0.3 is 0 Å². The van der Waals surface area contributed by atoms with Crippen molar-refractivity contribution in [1.82, 2.24) is 9.97 Å². The number of aryl methyl sites for hydroxylation is 1. The van der Waals surface area contributed by atoms with E-state index >= 15 is 0 Å². The number of carbonyl (C=O) groups excluding carboxylic acids is 1. The average molecular weight is 260 g/mol. The molecular weight excluding hydrogens is 248 g/mol. The molecule has 0 fully saturated rings. The highest BCUT2D eigenvalue weighted by Gasteiger charge is 2.10. The van der Waals surface area contributed by atoms with Crippen LogP contribution in [0.2, 0.25) is 0 Å². The Hall–Kier alpha value is -2.08. The van der Waals surface area contributed by atoms with E-state index in [2.05, 4.69) is 20.5 Å². The zero-order valence-electron chi connectivity index (χ0n) is 10.0. The molecule has 2 rings (SSSR count). The van der Waals surface area contributed by atoms with Crippen molar-refractivity contribution in [3.63, 3.8) is 0 Å². The van der Waals surface area contributed by atoms with E-state index in [-0.39, 0.29) is 5.78 Å². The van der Waals surface area contributed by atoms with Crippen LogP contribution in [0.3, 0.4) is 0 Å². The molecule has 0 aliphatic rings. The quantitative estimate of drug-likeness (QED) is 0.521. The van der Waals surface area contributed by atoms with Crippen LogP contribution in [-0.4, -0.2) is 22.0 Å². The first-order valence-corrected chi connectivity index (χ1v) is 6.16. The second-order valence-corrected chi connectivity index (χ2v) is 4.64. The van der Waals surface area contributed by atoms with Crippen molar-refractivity contribution in [2.75, 3.05) is 5.43 Å². The fourth-order valence-corrected chi connectivity index (χ4v) is 2.19. The first kappa shape index (κ1) is 12.4. The summed E-state index contributed by atoms with van der Waals surface area (Å²) in [6.07, 6.45) is 5.07. The highest BCUT2D eigenvalue weighted by Crippen LogP contribution is 2.22. The Bertz CT molecular complexity index is 577. The Morgan fingerprint density at radius 1 is 1.44 bits per heavy atom. The number of Topliss-reactive ketones (excluding diaryl/α,β-unsaturated/α-hetero) is 1. The van der Waals surface area contributed by atoms with Crippen LogP contribution in [0, 0.1) is 6.92 Å². The van der Waals surface area contributed by atoms with Gasteiger partial charge >= 0.3 is 0 Å². The van der Waals surface area contributed by atoms with E-state index in [0.29, 0.717) is 10.0 Å². The molecule has 0 aliphatic heterocycles. The smallest absolute Gasteiger partial charge is 0.204 e. The van der Waals surface area contributed by atoms with Gasteiger partial charge in [0.05, 0.1) is 16.8 Å². The van der Waals surface area contributed by atoms with Crippen LogP contribution >= 0.6 is 11.3 Å². The van der Waals surface area contributed by atoms with Crippen LogP contribution in [0.25, 0.3) is 0 Å². The van der Waals surface area contributed by atoms with Crippen molar-refractivity contribution in [3.8, 4) is 0 Å². The minimum atomic E-state index is 0.0242. The molecule has 0 spiro atoms. The zero-order chi connectivity index (χ0) is 13.0. The predicted octanol–water partition coefficient (Wildman–Crippen LogP) is 2.50. The third-order valence-corrected chi connectivity index (χ3v) is 3.36. The monoisotopic (exact) mass is 260 g/mol. The van der Waals surface area contributed by atoms with Gasteiger partial charge in [-0.3, -0.25) is 15.2 Å². The molecule has 0 radical (unpaired) electrons. The summed E-state index contributed by atoms with van der Waals surface area (Å²) in [7, 11) is 0. The van der Waals surface area contributed by atoms with Crippen LogP contribution in [0.15, 0.2) is 29.6 Å². The fourth-order valence-electron chi connectivity index (χ4n) is 1.38. The molecule has 0 atom stereocenters. The molecule has 92 valence electrons. The van der Waals surface area contributed by atoms with Gasteiger partial charge in [0.1, 0.15) is 0 Å². The molecule has 6 heteroatoms. The van der Waals surface area contributed by atoms with Gasteiger partial charge in [-0.1, -0.05) is 11.3 Å². The van der Waals surface area contributed by atoms with Crippen LogP contribution in [-0.2, 0) is 0 Å². The predicted molar refractivity (Wildman–Crippen MR) is 72.3 cm³/mol. The number of nitrogens with one attached hydrogen (secondary N) is 1. The zero-order valence-corrected chi connectivity index (χ0v) is 10.9. The lowest BCUT2D eigenvalue weighted by molar-refractivity contribution is 0.102. The Labute approximate surface area is 109 Å². The highest BCUT2D eigenvalue weighted by molar-refractivity contribution is 7.17. The molecular formula is C12H12N4OS. The minimum Gasteiger partial charge on any atom is -0.294 e. The van der Waals surface area contributed by atoms with Crippen LogP contribution < -0.4 is 5.43 Å². The van der Waals surface area contributed by atoms with E-state index in [1.807, 2.05) is 19.1 Å². The Morgan fingerprint density at radius 2 is 2.17 bits per heavy atom. The maximum Gasteiger partial charge on any atom is 0.204 e. The molecule has 0 unspecified atom stereocenters. The number of nitrogens with zero attached hydrogens (tertiary/aromatic N) is 3. The molecule has 0 aliphatic carbocycles. The van der Waals surface area contributed by atoms with Crippen molar-refractivity contribution in [3.05, 3.63) is 40.7 Å². The second kappa shape index (κ2) is 5.50. The highest BCUT2D eigenvalue weighted by atomic mass is 32.1. The van der Waals surface area contributed by atoms with Gasteiger partial charge in [0.15, 0.2) is 5.78 Å². The minimum absolute atomic E-state index is 0.0242. The Balaban J connectivity index is 2.05. The number of hydrogen-bond donors (Lipinski definition) is 1. The molecule has 2 aromatic heterocycles. The van der Waals surface area contributed by atoms with Crippen molar-refractivity contribution in [2.45, 2.75) is 13.8 Å². The number of hydrazone groups is 1. The second-order valence-electron chi connectivity index (χ2n) is 3.64. The first-order chi connectivity index (χ1) is 8.66. The van der Waals surface area contributed by atoms with Gasteiger partial charge in [0.25, 0.3) is 0 Å². The van der Waals surface area contributed by atoms with Crippen molar-refractivity contribution < 1.29 is 4.79 Å². The van der Waals surface area contributed by atoms with E-state index in [1.165, 1.54) is 18.3 Å². The van der Waals surface area contributed by atoms with E-state index in [1.54, 1.807) is 18.6 Å². The van der Waals surface area contributed by atoms with Crippen LogP contribution in [0.5, 0.6) is 0 Å².